The molecule has 0 saturated heterocycles. The van der Waals surface area contributed by atoms with E-state index in [4.69, 9.17) is 9.47 Å². The summed E-state index contributed by atoms with van der Waals surface area (Å²) in [5, 5.41) is 3.12. The van der Waals surface area contributed by atoms with Gasteiger partial charge in [-0.1, -0.05) is 18.2 Å². The van der Waals surface area contributed by atoms with Gasteiger partial charge in [0.1, 0.15) is 0 Å². The molecule has 1 aliphatic heterocycles. The Balaban J connectivity index is 1.52. The zero-order valence-electron chi connectivity index (χ0n) is 16.1. The molecule has 0 fully saturated rings. The van der Waals surface area contributed by atoms with Gasteiger partial charge in [0, 0.05) is 23.2 Å². The molecule has 2 heterocycles. The molecule has 1 amide bonds. The van der Waals surface area contributed by atoms with Crippen molar-refractivity contribution in [3.8, 4) is 22.8 Å². The van der Waals surface area contributed by atoms with Crippen molar-refractivity contribution in [2.75, 3.05) is 18.6 Å². The van der Waals surface area contributed by atoms with Gasteiger partial charge in [-0.3, -0.25) is 4.79 Å². The van der Waals surface area contributed by atoms with E-state index in [9.17, 15) is 4.79 Å². The van der Waals surface area contributed by atoms with Crippen LogP contribution in [0.5, 0.6) is 11.5 Å². The average molecular weight is 394 g/mol. The van der Waals surface area contributed by atoms with Crippen molar-refractivity contribution in [1.29, 1.82) is 0 Å². The number of hydrogen-bond donors (Lipinski definition) is 0. The lowest BCUT2D eigenvalue weighted by atomic mass is 10.1. The van der Waals surface area contributed by atoms with Gasteiger partial charge in [-0.15, -0.1) is 11.3 Å². The molecule has 4 rings (SSSR count). The molecule has 0 saturated carbocycles. The summed E-state index contributed by atoms with van der Waals surface area (Å²) >= 11 is 1.64. The number of nitrogens with zero attached hydrogens (tertiary/aromatic N) is 2. The Bertz CT molecular complexity index is 1010. The SMILES string of the molecule is COc1ccccc1O[C@@H](C)C(=O)N1CCc2cc(-c3csc(C)n3)ccc21. The maximum absolute atomic E-state index is 13.0. The standard InChI is InChI=1S/C22H22N2O3S/c1-14(27-21-7-5-4-6-20(21)26-3)22(25)24-11-10-17-12-16(8-9-19(17)24)18-13-28-15(2)23-18/h4-9,12-14H,10-11H2,1-3H3/t14-/m0/s1. The highest BCUT2D eigenvalue weighted by Crippen LogP contribution is 2.34. The smallest absolute Gasteiger partial charge is 0.267 e. The van der Waals surface area contributed by atoms with Crippen LogP contribution in [0.4, 0.5) is 5.69 Å². The van der Waals surface area contributed by atoms with E-state index in [2.05, 4.69) is 16.4 Å². The van der Waals surface area contributed by atoms with E-state index in [0.717, 1.165) is 28.4 Å². The van der Waals surface area contributed by atoms with Crippen LogP contribution in [0, 0.1) is 6.92 Å². The second-order valence-electron chi connectivity index (χ2n) is 6.75. The van der Waals surface area contributed by atoms with Gasteiger partial charge >= 0.3 is 0 Å². The highest BCUT2D eigenvalue weighted by molar-refractivity contribution is 7.09. The molecule has 28 heavy (non-hydrogen) atoms. The lowest BCUT2D eigenvalue weighted by Gasteiger charge is -2.23. The minimum atomic E-state index is -0.608. The first-order valence-electron chi connectivity index (χ1n) is 9.23. The first-order chi connectivity index (χ1) is 13.6. The fourth-order valence-corrected chi connectivity index (χ4v) is 4.08. The summed E-state index contributed by atoms with van der Waals surface area (Å²) in [6.45, 7) is 4.44. The molecule has 0 aliphatic carbocycles. The Kier molecular flexibility index (Phi) is 5.05. The van der Waals surface area contributed by atoms with Crippen molar-refractivity contribution in [1.82, 2.24) is 4.98 Å². The molecule has 1 aromatic heterocycles. The second kappa shape index (κ2) is 7.64. The summed E-state index contributed by atoms with van der Waals surface area (Å²) in [4.78, 5) is 19.4. The molecule has 144 valence electrons. The van der Waals surface area contributed by atoms with Crippen LogP contribution in [0.2, 0.25) is 0 Å². The van der Waals surface area contributed by atoms with Gasteiger partial charge in [0.15, 0.2) is 17.6 Å². The molecule has 0 radical (unpaired) electrons. The zero-order chi connectivity index (χ0) is 19.7. The van der Waals surface area contributed by atoms with Gasteiger partial charge in [0.05, 0.1) is 17.8 Å². The van der Waals surface area contributed by atoms with Crippen LogP contribution in [0.15, 0.2) is 47.8 Å². The normalized spacial score (nSPS) is 13.9. The first kappa shape index (κ1) is 18.5. The molecular formula is C22H22N2O3S. The molecule has 0 bridgehead atoms. The van der Waals surface area contributed by atoms with Gasteiger partial charge in [-0.2, -0.15) is 0 Å². The van der Waals surface area contributed by atoms with Crippen molar-refractivity contribution in [2.45, 2.75) is 26.4 Å². The van der Waals surface area contributed by atoms with E-state index in [-0.39, 0.29) is 5.91 Å². The van der Waals surface area contributed by atoms with Gasteiger partial charge < -0.3 is 14.4 Å². The number of fused-ring (bicyclic) bond motifs is 1. The van der Waals surface area contributed by atoms with Crippen molar-refractivity contribution < 1.29 is 14.3 Å². The summed E-state index contributed by atoms with van der Waals surface area (Å²) < 4.78 is 11.2. The number of ether oxygens (including phenoxy) is 2. The predicted molar refractivity (Wildman–Crippen MR) is 111 cm³/mol. The third kappa shape index (κ3) is 3.47. The molecule has 0 unspecified atom stereocenters. The van der Waals surface area contributed by atoms with Crippen LogP contribution >= 0.6 is 11.3 Å². The Hall–Kier alpha value is -2.86. The van der Waals surface area contributed by atoms with Crippen molar-refractivity contribution in [3.63, 3.8) is 0 Å². The monoisotopic (exact) mass is 394 g/mol. The number of methoxy groups -OCH3 is 1. The number of hydrogen-bond acceptors (Lipinski definition) is 5. The largest absolute Gasteiger partial charge is 0.493 e. The van der Waals surface area contributed by atoms with Crippen molar-refractivity contribution in [3.05, 3.63) is 58.4 Å². The topological polar surface area (TPSA) is 51.7 Å². The number of carbonyl (C=O) groups excluding carboxylic acids is 1. The molecule has 0 spiro atoms. The molecule has 3 aromatic rings. The Labute approximate surface area is 168 Å². The fourth-order valence-electron chi connectivity index (χ4n) is 3.46. The second-order valence-corrected chi connectivity index (χ2v) is 7.81. The number of amides is 1. The molecule has 6 heteroatoms. The van der Waals surface area contributed by atoms with Gasteiger partial charge in [-0.25, -0.2) is 4.98 Å². The van der Waals surface area contributed by atoms with Crippen LogP contribution in [0.3, 0.4) is 0 Å². The maximum Gasteiger partial charge on any atom is 0.267 e. The molecular weight excluding hydrogens is 372 g/mol. The van der Waals surface area contributed by atoms with Crippen molar-refractivity contribution >= 4 is 22.9 Å². The Morgan fingerprint density at radius 3 is 2.71 bits per heavy atom. The van der Waals surface area contributed by atoms with E-state index in [1.54, 1.807) is 25.4 Å². The van der Waals surface area contributed by atoms with E-state index in [1.165, 1.54) is 5.56 Å². The fraction of sp³-hybridized carbons (Fsp3) is 0.273. The molecule has 1 atom stereocenters. The van der Waals surface area contributed by atoms with Gasteiger partial charge in [0.25, 0.3) is 5.91 Å². The molecule has 2 aromatic carbocycles. The summed E-state index contributed by atoms with van der Waals surface area (Å²) in [5.74, 6) is 1.13. The number of carbonyl (C=O) groups is 1. The number of aryl methyl sites for hydroxylation is 1. The summed E-state index contributed by atoms with van der Waals surface area (Å²) in [5.41, 5.74) is 4.20. The number of para-hydroxylation sites is 2. The summed E-state index contributed by atoms with van der Waals surface area (Å²) in [6.07, 6.45) is 0.225. The van der Waals surface area contributed by atoms with Crippen LogP contribution in [0.25, 0.3) is 11.3 Å². The lowest BCUT2D eigenvalue weighted by molar-refractivity contribution is -0.124. The quantitative estimate of drug-likeness (QED) is 0.640. The van der Waals surface area contributed by atoms with E-state index >= 15 is 0 Å². The van der Waals surface area contributed by atoms with E-state index < -0.39 is 6.10 Å². The van der Waals surface area contributed by atoms with Crippen LogP contribution in [0.1, 0.15) is 17.5 Å². The first-order valence-corrected chi connectivity index (χ1v) is 10.1. The van der Waals surface area contributed by atoms with Crippen molar-refractivity contribution in [2.24, 2.45) is 0 Å². The maximum atomic E-state index is 13.0. The third-order valence-electron chi connectivity index (χ3n) is 4.88. The summed E-state index contributed by atoms with van der Waals surface area (Å²) in [6, 6.07) is 13.5. The predicted octanol–water partition coefficient (Wildman–Crippen LogP) is 4.48. The van der Waals surface area contributed by atoms with E-state index in [1.807, 2.05) is 48.2 Å². The molecule has 5 nitrogen and oxygen atoms in total. The number of benzene rings is 2. The zero-order valence-corrected chi connectivity index (χ0v) is 17.0. The Morgan fingerprint density at radius 1 is 1.21 bits per heavy atom. The van der Waals surface area contributed by atoms with Crippen LogP contribution < -0.4 is 14.4 Å². The average Bonchev–Trinajstić information content (AvgIpc) is 3.33. The minimum absolute atomic E-state index is 0.0538. The number of anilines is 1. The highest BCUT2D eigenvalue weighted by atomic mass is 32.1. The molecule has 0 N–H and O–H groups in total. The van der Waals surface area contributed by atoms with Crippen LogP contribution in [-0.4, -0.2) is 30.6 Å². The Morgan fingerprint density at radius 2 is 2.00 bits per heavy atom. The van der Waals surface area contributed by atoms with Gasteiger partial charge in [0.2, 0.25) is 0 Å². The number of aromatic nitrogens is 1. The number of thiazole rings is 1. The minimum Gasteiger partial charge on any atom is -0.493 e. The van der Waals surface area contributed by atoms with Gasteiger partial charge in [-0.05, 0) is 50.1 Å². The highest BCUT2D eigenvalue weighted by Gasteiger charge is 2.29. The number of rotatable bonds is 5. The summed E-state index contributed by atoms with van der Waals surface area (Å²) in [7, 11) is 1.59. The lowest BCUT2D eigenvalue weighted by Crippen LogP contribution is -2.39. The van der Waals surface area contributed by atoms with Crippen LogP contribution in [-0.2, 0) is 11.2 Å². The van der Waals surface area contributed by atoms with E-state index in [0.29, 0.717) is 18.0 Å². The molecule has 1 aliphatic rings. The third-order valence-corrected chi connectivity index (χ3v) is 5.65.